The van der Waals surface area contributed by atoms with Crippen LogP contribution in [0.25, 0.3) is 0 Å². The van der Waals surface area contributed by atoms with Crippen molar-refractivity contribution in [1.29, 1.82) is 0 Å². The van der Waals surface area contributed by atoms with Gasteiger partial charge in [0.05, 0.1) is 18.6 Å². The van der Waals surface area contributed by atoms with Crippen molar-refractivity contribution in [2.24, 2.45) is 9.98 Å². The number of nitrogens with zero attached hydrogens (tertiary/aromatic N) is 3. The molecule has 0 aliphatic carbocycles. The average molecular weight is 170 g/mol. The molecule has 0 atom stereocenters. The zero-order valence-electron chi connectivity index (χ0n) is 7.07. The fourth-order valence-electron chi connectivity index (χ4n) is 1.66. The third-order valence-electron chi connectivity index (χ3n) is 2.29. The van der Waals surface area contributed by atoms with Crippen molar-refractivity contribution < 1.29 is 0 Å². The Bertz CT molecular complexity index is 406. The molecule has 0 amide bonds. The van der Waals surface area contributed by atoms with Crippen molar-refractivity contribution in [2.75, 3.05) is 13.1 Å². The SMILES string of the molecule is [c]1ccc2c(c1)N=CN1CCN=C21. The fraction of sp³-hybridized carbons (Fsp3) is 0.200. The van der Waals surface area contributed by atoms with E-state index < -0.39 is 0 Å². The normalized spacial score (nSPS) is 18.2. The predicted octanol–water partition coefficient (Wildman–Crippen LogP) is 1.22. The maximum absolute atomic E-state index is 4.44. The summed E-state index contributed by atoms with van der Waals surface area (Å²) in [5, 5.41) is 0. The molecule has 0 saturated heterocycles. The summed E-state index contributed by atoms with van der Waals surface area (Å²) in [6, 6.07) is 8.82. The molecule has 3 nitrogen and oxygen atoms in total. The van der Waals surface area contributed by atoms with Crippen molar-refractivity contribution >= 4 is 17.9 Å². The molecule has 2 heterocycles. The van der Waals surface area contributed by atoms with Crippen LogP contribution in [-0.2, 0) is 0 Å². The summed E-state index contributed by atoms with van der Waals surface area (Å²) in [6.45, 7) is 1.83. The Kier molecular flexibility index (Phi) is 1.27. The summed E-state index contributed by atoms with van der Waals surface area (Å²) in [7, 11) is 0. The first-order valence-electron chi connectivity index (χ1n) is 4.31. The minimum atomic E-state index is 0.874. The molecule has 0 saturated carbocycles. The molecule has 1 aromatic carbocycles. The second-order valence-corrected chi connectivity index (χ2v) is 3.09. The topological polar surface area (TPSA) is 28.0 Å². The minimum Gasteiger partial charge on any atom is -0.315 e. The summed E-state index contributed by atoms with van der Waals surface area (Å²) in [5.74, 6) is 1.05. The molecular formula is C10H8N3. The standard InChI is InChI=1S/C10H8N3/c1-2-4-9-8(3-1)10-11-5-6-13(10)7-12-9/h1,3-4,7H,5-6H2. The molecule has 0 N–H and O–H groups in total. The van der Waals surface area contributed by atoms with Crippen molar-refractivity contribution in [3.05, 3.63) is 29.8 Å². The van der Waals surface area contributed by atoms with E-state index in [1.54, 1.807) is 0 Å². The Balaban J connectivity index is 2.23. The van der Waals surface area contributed by atoms with Crippen LogP contribution in [-0.4, -0.2) is 30.2 Å². The van der Waals surface area contributed by atoms with Crippen molar-refractivity contribution in [3.63, 3.8) is 0 Å². The van der Waals surface area contributed by atoms with Gasteiger partial charge in [0, 0.05) is 12.1 Å². The van der Waals surface area contributed by atoms with Crippen molar-refractivity contribution in [1.82, 2.24) is 4.90 Å². The summed E-state index contributed by atoms with van der Waals surface area (Å²) >= 11 is 0. The number of aliphatic imine (C=N–C) groups is 2. The molecule has 1 aromatic rings. The highest BCUT2D eigenvalue weighted by Gasteiger charge is 2.22. The van der Waals surface area contributed by atoms with Crippen LogP contribution in [0.3, 0.4) is 0 Å². The van der Waals surface area contributed by atoms with Crippen molar-refractivity contribution in [3.8, 4) is 0 Å². The van der Waals surface area contributed by atoms with Gasteiger partial charge in [-0.25, -0.2) is 4.99 Å². The Hall–Kier alpha value is -1.64. The van der Waals surface area contributed by atoms with Crippen molar-refractivity contribution in [2.45, 2.75) is 0 Å². The third kappa shape index (κ3) is 0.900. The van der Waals surface area contributed by atoms with Crippen LogP contribution in [0.4, 0.5) is 5.69 Å². The minimum absolute atomic E-state index is 0.874. The van der Waals surface area contributed by atoms with Gasteiger partial charge in [0.25, 0.3) is 0 Å². The summed E-state index contributed by atoms with van der Waals surface area (Å²) in [4.78, 5) is 10.8. The van der Waals surface area contributed by atoms with Gasteiger partial charge < -0.3 is 4.90 Å². The van der Waals surface area contributed by atoms with E-state index in [2.05, 4.69) is 21.0 Å². The van der Waals surface area contributed by atoms with Gasteiger partial charge in [0.2, 0.25) is 0 Å². The molecule has 0 unspecified atom stereocenters. The molecule has 0 fully saturated rings. The number of hydrogen-bond acceptors (Lipinski definition) is 3. The molecule has 0 spiro atoms. The van der Waals surface area contributed by atoms with Crippen LogP contribution in [0.15, 0.2) is 28.2 Å². The van der Waals surface area contributed by atoms with Gasteiger partial charge in [0.1, 0.15) is 5.84 Å². The number of rotatable bonds is 0. The lowest BCUT2D eigenvalue weighted by Crippen LogP contribution is -2.29. The Morgan fingerprint density at radius 1 is 1.46 bits per heavy atom. The molecule has 3 heteroatoms. The fourth-order valence-corrected chi connectivity index (χ4v) is 1.66. The van der Waals surface area contributed by atoms with E-state index in [1.165, 1.54) is 0 Å². The van der Waals surface area contributed by atoms with Gasteiger partial charge in [-0.2, -0.15) is 0 Å². The molecule has 13 heavy (non-hydrogen) atoms. The Morgan fingerprint density at radius 3 is 3.46 bits per heavy atom. The van der Waals surface area contributed by atoms with Crippen LogP contribution < -0.4 is 0 Å². The molecule has 2 aliphatic heterocycles. The number of hydrogen-bond donors (Lipinski definition) is 0. The second kappa shape index (κ2) is 2.42. The van der Waals surface area contributed by atoms with E-state index in [9.17, 15) is 0 Å². The maximum Gasteiger partial charge on any atom is 0.138 e. The molecule has 3 rings (SSSR count). The summed E-state index contributed by atoms with van der Waals surface area (Å²) in [5.41, 5.74) is 2.10. The van der Waals surface area contributed by atoms with E-state index in [0.29, 0.717) is 0 Å². The van der Waals surface area contributed by atoms with E-state index in [-0.39, 0.29) is 0 Å². The van der Waals surface area contributed by atoms with E-state index in [4.69, 9.17) is 0 Å². The zero-order valence-corrected chi connectivity index (χ0v) is 7.07. The van der Waals surface area contributed by atoms with Gasteiger partial charge in [-0.3, -0.25) is 4.99 Å². The molecule has 1 radical (unpaired) electrons. The highest BCUT2D eigenvalue weighted by molar-refractivity contribution is 6.11. The Morgan fingerprint density at radius 2 is 2.46 bits per heavy atom. The number of benzene rings is 1. The molecular weight excluding hydrogens is 162 g/mol. The van der Waals surface area contributed by atoms with Gasteiger partial charge in [-0.05, 0) is 18.2 Å². The maximum atomic E-state index is 4.44. The van der Waals surface area contributed by atoms with E-state index in [1.807, 2.05) is 24.5 Å². The highest BCUT2D eigenvalue weighted by Crippen LogP contribution is 2.25. The molecule has 0 aromatic heterocycles. The largest absolute Gasteiger partial charge is 0.315 e. The molecule has 63 valence electrons. The van der Waals surface area contributed by atoms with Gasteiger partial charge in [-0.15, -0.1) is 0 Å². The Labute approximate surface area is 76.4 Å². The lowest BCUT2D eigenvalue weighted by Gasteiger charge is -2.19. The van der Waals surface area contributed by atoms with E-state index in [0.717, 1.165) is 30.2 Å². The van der Waals surface area contributed by atoms with Gasteiger partial charge in [-0.1, -0.05) is 6.07 Å². The zero-order chi connectivity index (χ0) is 8.67. The summed E-state index contributed by atoms with van der Waals surface area (Å²) < 4.78 is 0. The van der Waals surface area contributed by atoms with Crippen LogP contribution >= 0.6 is 0 Å². The first kappa shape index (κ1) is 6.83. The van der Waals surface area contributed by atoms with Crippen LogP contribution in [0, 0.1) is 6.07 Å². The van der Waals surface area contributed by atoms with E-state index >= 15 is 0 Å². The first-order chi connectivity index (χ1) is 6.45. The lowest BCUT2D eigenvalue weighted by atomic mass is 10.1. The van der Waals surface area contributed by atoms with Crippen LogP contribution in [0.5, 0.6) is 0 Å². The first-order valence-corrected chi connectivity index (χ1v) is 4.31. The lowest BCUT2D eigenvalue weighted by molar-refractivity contribution is 0.680. The summed E-state index contributed by atoms with van der Waals surface area (Å²) in [6.07, 6.45) is 1.85. The smallest absolute Gasteiger partial charge is 0.138 e. The number of fused-ring (bicyclic) bond motifs is 3. The second-order valence-electron chi connectivity index (χ2n) is 3.09. The predicted molar refractivity (Wildman–Crippen MR) is 51.5 cm³/mol. The monoisotopic (exact) mass is 170 g/mol. The molecule has 0 bridgehead atoms. The molecule has 2 aliphatic rings. The van der Waals surface area contributed by atoms with Gasteiger partial charge in [0.15, 0.2) is 0 Å². The van der Waals surface area contributed by atoms with Crippen LogP contribution in [0.2, 0.25) is 0 Å². The highest BCUT2D eigenvalue weighted by atomic mass is 15.3. The number of amidine groups is 1. The quantitative estimate of drug-likeness (QED) is 0.575. The average Bonchev–Trinajstić information content (AvgIpc) is 2.65. The van der Waals surface area contributed by atoms with Gasteiger partial charge >= 0.3 is 0 Å². The van der Waals surface area contributed by atoms with Crippen LogP contribution in [0.1, 0.15) is 5.56 Å². The third-order valence-corrected chi connectivity index (χ3v) is 2.29.